The first-order valence-electron chi connectivity index (χ1n) is 6.10. The zero-order valence-electron chi connectivity index (χ0n) is 10.00. The highest BCUT2D eigenvalue weighted by molar-refractivity contribution is 5.82. The van der Waals surface area contributed by atoms with E-state index in [-0.39, 0.29) is 5.92 Å². The highest BCUT2D eigenvalue weighted by Crippen LogP contribution is 2.15. The molecule has 0 aromatic heterocycles. The molecule has 3 nitrogen and oxygen atoms in total. The van der Waals surface area contributed by atoms with Gasteiger partial charge < -0.3 is 4.74 Å². The van der Waals surface area contributed by atoms with E-state index in [2.05, 4.69) is 18.7 Å². The van der Waals surface area contributed by atoms with Gasteiger partial charge in [-0.2, -0.15) is 0 Å². The van der Waals surface area contributed by atoms with Gasteiger partial charge >= 0.3 is 0 Å². The molecule has 3 heteroatoms. The number of hydrogen-bond acceptors (Lipinski definition) is 3. The van der Waals surface area contributed by atoms with Crippen molar-refractivity contribution in [3.05, 3.63) is 0 Å². The summed E-state index contributed by atoms with van der Waals surface area (Å²) in [5.74, 6) is 0.716. The SMILES string of the molecule is CCCOCCN1CCC(=O)C(CC)C1. The topological polar surface area (TPSA) is 29.5 Å². The molecule has 88 valence electrons. The second-order valence-corrected chi connectivity index (χ2v) is 4.23. The van der Waals surface area contributed by atoms with E-state index in [1.807, 2.05) is 0 Å². The summed E-state index contributed by atoms with van der Waals surface area (Å²) >= 11 is 0. The number of hydrogen-bond donors (Lipinski definition) is 0. The molecule has 0 aromatic carbocycles. The van der Waals surface area contributed by atoms with E-state index >= 15 is 0 Å². The number of ether oxygens (including phenoxy) is 1. The molecular formula is C12H23NO2. The van der Waals surface area contributed by atoms with E-state index < -0.39 is 0 Å². The maximum Gasteiger partial charge on any atom is 0.138 e. The number of nitrogens with zero attached hydrogens (tertiary/aromatic N) is 1. The maximum atomic E-state index is 11.5. The largest absolute Gasteiger partial charge is 0.380 e. The van der Waals surface area contributed by atoms with Gasteiger partial charge in [0.15, 0.2) is 0 Å². The number of piperidine rings is 1. The van der Waals surface area contributed by atoms with Crippen LogP contribution in [0, 0.1) is 5.92 Å². The van der Waals surface area contributed by atoms with Crippen LogP contribution in [0.25, 0.3) is 0 Å². The Morgan fingerprint density at radius 1 is 1.40 bits per heavy atom. The third-order valence-corrected chi connectivity index (χ3v) is 3.00. The lowest BCUT2D eigenvalue weighted by Gasteiger charge is -2.31. The lowest BCUT2D eigenvalue weighted by molar-refractivity contribution is -0.126. The molecule has 1 aliphatic rings. The number of ketones is 1. The maximum absolute atomic E-state index is 11.5. The quantitative estimate of drug-likeness (QED) is 0.629. The Labute approximate surface area is 92.8 Å². The molecule has 0 N–H and O–H groups in total. The van der Waals surface area contributed by atoms with Gasteiger partial charge in [-0.1, -0.05) is 13.8 Å². The predicted molar refractivity (Wildman–Crippen MR) is 61.0 cm³/mol. The van der Waals surface area contributed by atoms with Gasteiger partial charge in [0.2, 0.25) is 0 Å². The van der Waals surface area contributed by atoms with Crippen LogP contribution in [0.2, 0.25) is 0 Å². The highest BCUT2D eigenvalue weighted by atomic mass is 16.5. The minimum absolute atomic E-state index is 0.268. The number of Topliss-reactive ketones (excluding diaryl/α,β-unsaturated/α-hetero) is 1. The fourth-order valence-electron chi connectivity index (χ4n) is 1.98. The molecule has 1 unspecified atom stereocenters. The normalized spacial score (nSPS) is 23.3. The molecule has 0 spiro atoms. The molecule has 0 bridgehead atoms. The van der Waals surface area contributed by atoms with Crippen molar-refractivity contribution >= 4 is 5.78 Å². The molecular weight excluding hydrogens is 190 g/mol. The Morgan fingerprint density at radius 2 is 2.20 bits per heavy atom. The van der Waals surface area contributed by atoms with Crippen molar-refractivity contribution in [1.29, 1.82) is 0 Å². The summed E-state index contributed by atoms with van der Waals surface area (Å²) in [5.41, 5.74) is 0. The van der Waals surface area contributed by atoms with E-state index in [1.54, 1.807) is 0 Å². The molecule has 15 heavy (non-hydrogen) atoms. The van der Waals surface area contributed by atoms with Crippen molar-refractivity contribution in [2.24, 2.45) is 5.92 Å². The van der Waals surface area contributed by atoms with Crippen molar-refractivity contribution in [3.8, 4) is 0 Å². The lowest BCUT2D eigenvalue weighted by atomic mass is 9.94. The summed E-state index contributed by atoms with van der Waals surface area (Å²) in [6, 6.07) is 0. The zero-order valence-corrected chi connectivity index (χ0v) is 10.00. The van der Waals surface area contributed by atoms with Crippen LogP contribution in [0.1, 0.15) is 33.1 Å². The molecule has 1 rings (SSSR count). The van der Waals surface area contributed by atoms with Crippen LogP contribution in [0.15, 0.2) is 0 Å². The molecule has 1 heterocycles. The third-order valence-electron chi connectivity index (χ3n) is 3.00. The molecule has 0 aromatic rings. The van der Waals surface area contributed by atoms with E-state index in [0.717, 1.165) is 52.1 Å². The van der Waals surface area contributed by atoms with Crippen molar-refractivity contribution in [2.45, 2.75) is 33.1 Å². The van der Waals surface area contributed by atoms with E-state index in [4.69, 9.17) is 4.74 Å². The van der Waals surface area contributed by atoms with Gasteiger partial charge in [0.05, 0.1) is 6.61 Å². The van der Waals surface area contributed by atoms with Crippen molar-refractivity contribution in [2.75, 3.05) is 32.8 Å². The van der Waals surface area contributed by atoms with E-state index in [1.165, 1.54) is 0 Å². The van der Waals surface area contributed by atoms with Gasteiger partial charge in [-0.25, -0.2) is 0 Å². The molecule has 0 radical (unpaired) electrons. The first-order valence-corrected chi connectivity index (χ1v) is 6.10. The second kappa shape index (κ2) is 6.96. The zero-order chi connectivity index (χ0) is 11.1. The number of likely N-dealkylation sites (tertiary alicyclic amines) is 1. The van der Waals surface area contributed by atoms with E-state index in [9.17, 15) is 4.79 Å². The first kappa shape index (κ1) is 12.7. The van der Waals surface area contributed by atoms with Crippen LogP contribution in [0.4, 0.5) is 0 Å². The average molecular weight is 213 g/mol. The minimum Gasteiger partial charge on any atom is -0.380 e. The monoisotopic (exact) mass is 213 g/mol. The van der Waals surface area contributed by atoms with Crippen molar-refractivity contribution in [1.82, 2.24) is 4.90 Å². The van der Waals surface area contributed by atoms with Gasteiger partial charge in [0, 0.05) is 38.6 Å². The highest BCUT2D eigenvalue weighted by Gasteiger charge is 2.24. The molecule has 0 aliphatic carbocycles. The van der Waals surface area contributed by atoms with Crippen LogP contribution in [0.5, 0.6) is 0 Å². The molecule has 1 fully saturated rings. The summed E-state index contributed by atoms with van der Waals surface area (Å²) in [4.78, 5) is 13.8. The Morgan fingerprint density at radius 3 is 2.87 bits per heavy atom. The summed E-state index contributed by atoms with van der Waals surface area (Å²) in [5, 5.41) is 0. The van der Waals surface area contributed by atoms with E-state index in [0.29, 0.717) is 5.78 Å². The smallest absolute Gasteiger partial charge is 0.138 e. The van der Waals surface area contributed by atoms with Crippen LogP contribution < -0.4 is 0 Å². The molecule has 0 saturated carbocycles. The van der Waals surface area contributed by atoms with Crippen molar-refractivity contribution < 1.29 is 9.53 Å². The molecule has 1 saturated heterocycles. The van der Waals surface area contributed by atoms with Crippen LogP contribution in [-0.2, 0) is 9.53 Å². The lowest BCUT2D eigenvalue weighted by Crippen LogP contribution is -2.42. The third kappa shape index (κ3) is 4.31. The van der Waals surface area contributed by atoms with Crippen LogP contribution >= 0.6 is 0 Å². The van der Waals surface area contributed by atoms with Crippen LogP contribution in [0.3, 0.4) is 0 Å². The Kier molecular flexibility index (Phi) is 5.88. The van der Waals surface area contributed by atoms with Crippen molar-refractivity contribution in [3.63, 3.8) is 0 Å². The van der Waals surface area contributed by atoms with Crippen LogP contribution in [-0.4, -0.2) is 43.5 Å². The summed E-state index contributed by atoms with van der Waals surface area (Å²) in [7, 11) is 0. The first-order chi connectivity index (χ1) is 7.27. The average Bonchev–Trinajstić information content (AvgIpc) is 2.26. The Balaban J connectivity index is 2.17. The predicted octanol–water partition coefficient (Wildman–Crippen LogP) is 1.71. The summed E-state index contributed by atoms with van der Waals surface area (Å²) < 4.78 is 5.45. The molecule has 0 amide bonds. The summed E-state index contributed by atoms with van der Waals surface area (Å²) in [6.45, 7) is 8.70. The van der Waals surface area contributed by atoms with Gasteiger partial charge in [0.1, 0.15) is 5.78 Å². The van der Waals surface area contributed by atoms with Gasteiger partial charge in [-0.15, -0.1) is 0 Å². The standard InChI is InChI=1S/C12H23NO2/c1-3-8-15-9-7-13-6-5-12(14)11(4-2)10-13/h11H,3-10H2,1-2H3. The summed E-state index contributed by atoms with van der Waals surface area (Å²) in [6.07, 6.45) is 2.79. The number of carbonyl (C=O) groups is 1. The fraction of sp³-hybridized carbons (Fsp3) is 0.917. The van der Waals surface area contributed by atoms with Gasteiger partial charge in [0.25, 0.3) is 0 Å². The minimum atomic E-state index is 0.268. The molecule has 1 aliphatic heterocycles. The fourth-order valence-corrected chi connectivity index (χ4v) is 1.98. The van der Waals surface area contributed by atoms with Gasteiger partial charge in [-0.3, -0.25) is 9.69 Å². The number of carbonyl (C=O) groups excluding carboxylic acids is 1. The Bertz CT molecular complexity index is 194. The second-order valence-electron chi connectivity index (χ2n) is 4.23. The van der Waals surface area contributed by atoms with Gasteiger partial charge in [-0.05, 0) is 12.8 Å². The molecule has 1 atom stereocenters. The number of rotatable bonds is 6. The Hall–Kier alpha value is -0.410.